The Morgan fingerprint density at radius 1 is 1.19 bits per heavy atom. The molecule has 0 bridgehead atoms. The fraction of sp³-hybridized carbons (Fsp3) is 0.571. The van der Waals surface area contributed by atoms with Gasteiger partial charge in [-0.3, -0.25) is 0 Å². The van der Waals surface area contributed by atoms with E-state index >= 15 is 0 Å². The largest absolute Gasteiger partial charge is 0.323 e. The van der Waals surface area contributed by atoms with Crippen LogP contribution in [0.1, 0.15) is 56.2 Å². The van der Waals surface area contributed by atoms with E-state index in [1.54, 1.807) is 0 Å². The van der Waals surface area contributed by atoms with Crippen LogP contribution in [0.4, 0.5) is 0 Å². The molecule has 1 aliphatic rings. The molecule has 2 atom stereocenters. The summed E-state index contributed by atoms with van der Waals surface area (Å²) in [5.41, 5.74) is 14.7. The van der Waals surface area contributed by atoms with Crippen molar-refractivity contribution < 1.29 is 0 Å². The zero-order valence-electron chi connectivity index (χ0n) is 10.2. The molecule has 16 heavy (non-hydrogen) atoms. The second kappa shape index (κ2) is 4.19. The monoisotopic (exact) mass is 218 g/mol. The van der Waals surface area contributed by atoms with Gasteiger partial charge < -0.3 is 11.5 Å². The molecule has 1 aliphatic carbocycles. The third kappa shape index (κ3) is 2.13. The predicted molar refractivity (Wildman–Crippen MR) is 68.2 cm³/mol. The molecule has 0 spiro atoms. The lowest BCUT2D eigenvalue weighted by molar-refractivity contribution is 0.535. The molecular weight excluding hydrogens is 196 g/mol. The summed E-state index contributed by atoms with van der Waals surface area (Å²) in [5.74, 6) is 0.623. The first-order chi connectivity index (χ1) is 7.57. The standard InChI is InChI=1S/C14H22N2/c1-3-10(2)11-4-6-12(7-5-11)13(15)14(16)8-9-14/h4-7,10,13H,3,8-9,15-16H2,1-2H3. The first-order valence-electron chi connectivity index (χ1n) is 6.21. The smallest absolute Gasteiger partial charge is 0.0477 e. The lowest BCUT2D eigenvalue weighted by atomic mass is 9.93. The maximum absolute atomic E-state index is 6.17. The lowest BCUT2D eigenvalue weighted by Gasteiger charge is -2.20. The summed E-state index contributed by atoms with van der Waals surface area (Å²) in [5, 5.41) is 0. The van der Waals surface area contributed by atoms with Crippen molar-refractivity contribution in [3.05, 3.63) is 35.4 Å². The molecule has 1 aromatic carbocycles. The molecule has 0 aromatic heterocycles. The fourth-order valence-corrected chi connectivity index (χ4v) is 2.05. The van der Waals surface area contributed by atoms with Crippen molar-refractivity contribution >= 4 is 0 Å². The third-order valence-corrected chi connectivity index (χ3v) is 3.92. The van der Waals surface area contributed by atoms with Crippen molar-refractivity contribution in [3.8, 4) is 0 Å². The highest BCUT2D eigenvalue weighted by Crippen LogP contribution is 2.42. The number of nitrogens with two attached hydrogens (primary N) is 2. The van der Waals surface area contributed by atoms with Crippen molar-refractivity contribution in [2.45, 2.75) is 50.6 Å². The molecule has 2 heteroatoms. The van der Waals surface area contributed by atoms with Crippen molar-refractivity contribution in [2.24, 2.45) is 11.5 Å². The molecule has 0 saturated heterocycles. The third-order valence-electron chi connectivity index (χ3n) is 3.92. The van der Waals surface area contributed by atoms with E-state index in [0.29, 0.717) is 5.92 Å². The summed E-state index contributed by atoms with van der Waals surface area (Å²) in [6.07, 6.45) is 3.29. The second-order valence-electron chi connectivity index (χ2n) is 5.19. The lowest BCUT2D eigenvalue weighted by Crippen LogP contribution is -2.36. The average molecular weight is 218 g/mol. The number of rotatable bonds is 4. The Bertz CT molecular complexity index is 352. The summed E-state index contributed by atoms with van der Waals surface area (Å²) in [7, 11) is 0. The van der Waals surface area contributed by atoms with E-state index in [0.717, 1.165) is 12.8 Å². The van der Waals surface area contributed by atoms with Crippen molar-refractivity contribution in [1.29, 1.82) is 0 Å². The molecule has 2 nitrogen and oxygen atoms in total. The van der Waals surface area contributed by atoms with Gasteiger partial charge in [-0.1, -0.05) is 38.1 Å². The molecule has 0 amide bonds. The van der Waals surface area contributed by atoms with Gasteiger partial charge in [0.25, 0.3) is 0 Å². The van der Waals surface area contributed by atoms with Crippen molar-refractivity contribution in [1.82, 2.24) is 0 Å². The van der Waals surface area contributed by atoms with Crippen molar-refractivity contribution in [3.63, 3.8) is 0 Å². The molecule has 0 radical (unpaired) electrons. The Morgan fingerprint density at radius 2 is 1.69 bits per heavy atom. The average Bonchev–Trinajstić information content (AvgIpc) is 3.07. The molecule has 88 valence electrons. The first-order valence-corrected chi connectivity index (χ1v) is 6.21. The topological polar surface area (TPSA) is 52.0 Å². The van der Waals surface area contributed by atoms with Gasteiger partial charge in [0.1, 0.15) is 0 Å². The normalized spacial score (nSPS) is 21.5. The molecule has 1 fully saturated rings. The summed E-state index contributed by atoms with van der Waals surface area (Å²) in [6.45, 7) is 4.46. The number of hydrogen-bond acceptors (Lipinski definition) is 2. The van der Waals surface area contributed by atoms with E-state index in [1.807, 2.05) is 0 Å². The van der Waals surface area contributed by atoms with E-state index in [2.05, 4.69) is 38.1 Å². The van der Waals surface area contributed by atoms with Gasteiger partial charge in [-0.05, 0) is 36.3 Å². The molecule has 0 heterocycles. The molecule has 1 saturated carbocycles. The predicted octanol–water partition coefficient (Wildman–Crippen LogP) is 2.69. The second-order valence-corrected chi connectivity index (χ2v) is 5.19. The van der Waals surface area contributed by atoms with Crippen LogP contribution in [0, 0.1) is 0 Å². The zero-order chi connectivity index (χ0) is 11.8. The highest BCUT2D eigenvalue weighted by molar-refractivity contribution is 5.30. The SMILES string of the molecule is CCC(C)c1ccc(C(N)C2(N)CC2)cc1. The van der Waals surface area contributed by atoms with Crippen LogP contribution in [0.25, 0.3) is 0 Å². The Balaban J connectivity index is 2.13. The summed E-state index contributed by atoms with van der Waals surface area (Å²) < 4.78 is 0. The van der Waals surface area contributed by atoms with Gasteiger partial charge in [0.05, 0.1) is 0 Å². The van der Waals surface area contributed by atoms with Gasteiger partial charge in [-0.25, -0.2) is 0 Å². The maximum Gasteiger partial charge on any atom is 0.0477 e. The Labute approximate surface area is 98.0 Å². The molecule has 0 aliphatic heterocycles. The van der Waals surface area contributed by atoms with Gasteiger partial charge in [0.15, 0.2) is 0 Å². The molecule has 2 rings (SSSR count). The maximum atomic E-state index is 6.17. The first kappa shape index (κ1) is 11.6. The van der Waals surface area contributed by atoms with Crippen LogP contribution in [0.15, 0.2) is 24.3 Å². The minimum Gasteiger partial charge on any atom is -0.323 e. The van der Waals surface area contributed by atoms with Gasteiger partial charge in [-0.15, -0.1) is 0 Å². The van der Waals surface area contributed by atoms with E-state index in [9.17, 15) is 0 Å². The Hall–Kier alpha value is -0.860. The molecule has 1 aromatic rings. The van der Waals surface area contributed by atoms with Gasteiger partial charge in [0, 0.05) is 11.6 Å². The van der Waals surface area contributed by atoms with Crippen LogP contribution in [0.3, 0.4) is 0 Å². The summed E-state index contributed by atoms with van der Waals surface area (Å²) in [6, 6.07) is 8.65. The van der Waals surface area contributed by atoms with Crippen LogP contribution in [0.2, 0.25) is 0 Å². The van der Waals surface area contributed by atoms with E-state index < -0.39 is 0 Å². The molecule has 4 N–H and O–H groups in total. The fourth-order valence-electron chi connectivity index (χ4n) is 2.05. The quantitative estimate of drug-likeness (QED) is 0.816. The van der Waals surface area contributed by atoms with E-state index in [1.165, 1.54) is 17.5 Å². The summed E-state index contributed by atoms with van der Waals surface area (Å²) in [4.78, 5) is 0. The minimum absolute atomic E-state index is 0.00140. The van der Waals surface area contributed by atoms with Crippen LogP contribution >= 0.6 is 0 Å². The van der Waals surface area contributed by atoms with Crippen LogP contribution in [-0.4, -0.2) is 5.54 Å². The zero-order valence-corrected chi connectivity index (χ0v) is 10.2. The van der Waals surface area contributed by atoms with Crippen LogP contribution in [-0.2, 0) is 0 Å². The highest BCUT2D eigenvalue weighted by atomic mass is 14.9. The van der Waals surface area contributed by atoms with Gasteiger partial charge in [0.2, 0.25) is 0 Å². The van der Waals surface area contributed by atoms with E-state index in [4.69, 9.17) is 11.5 Å². The molecule has 2 unspecified atom stereocenters. The van der Waals surface area contributed by atoms with Gasteiger partial charge >= 0.3 is 0 Å². The number of hydrogen-bond donors (Lipinski definition) is 2. The van der Waals surface area contributed by atoms with E-state index in [-0.39, 0.29) is 11.6 Å². The van der Waals surface area contributed by atoms with Crippen LogP contribution in [0.5, 0.6) is 0 Å². The highest BCUT2D eigenvalue weighted by Gasteiger charge is 2.44. The van der Waals surface area contributed by atoms with Crippen molar-refractivity contribution in [2.75, 3.05) is 0 Å². The number of benzene rings is 1. The van der Waals surface area contributed by atoms with Gasteiger partial charge in [-0.2, -0.15) is 0 Å². The molecular formula is C14H22N2. The Kier molecular flexibility index (Phi) is 3.04. The summed E-state index contributed by atoms with van der Waals surface area (Å²) >= 11 is 0. The van der Waals surface area contributed by atoms with Crippen LogP contribution < -0.4 is 11.5 Å². The minimum atomic E-state index is -0.127. The Morgan fingerprint density at radius 3 is 2.12 bits per heavy atom.